The Bertz CT molecular complexity index is 369. The summed E-state index contributed by atoms with van der Waals surface area (Å²) in [6, 6.07) is 8.36. The van der Waals surface area contributed by atoms with Gasteiger partial charge in [0.25, 0.3) is 0 Å². The Hall–Kier alpha value is -1.26. The second kappa shape index (κ2) is 5.38. The lowest BCUT2D eigenvalue weighted by Crippen LogP contribution is -2.44. The number of nitrogens with one attached hydrogen (secondary N) is 1. The highest BCUT2D eigenvalue weighted by atomic mass is 16.3. The molecule has 0 saturated heterocycles. The number of likely N-dealkylation sites (N-methyl/N-ethyl adjacent to an activating group) is 2. The lowest BCUT2D eigenvalue weighted by atomic mass is 10.1. The first-order chi connectivity index (χ1) is 8.22. The van der Waals surface area contributed by atoms with E-state index in [0.717, 1.165) is 13.1 Å². The zero-order valence-electron chi connectivity index (χ0n) is 10.6. The third-order valence-corrected chi connectivity index (χ3v) is 3.21. The molecule has 94 valence electrons. The first-order valence-corrected chi connectivity index (χ1v) is 6.10. The number of hydrogen-bond acceptors (Lipinski definition) is 4. The summed E-state index contributed by atoms with van der Waals surface area (Å²) in [6.07, 6.45) is -0.323. The maximum Gasteiger partial charge on any atom is 0.0839 e. The molecule has 1 aliphatic heterocycles. The summed E-state index contributed by atoms with van der Waals surface area (Å²) in [5.41, 5.74) is 2.46. The van der Waals surface area contributed by atoms with Crippen molar-refractivity contribution in [2.45, 2.75) is 6.10 Å². The molecule has 1 heterocycles. The molecule has 4 nitrogen and oxygen atoms in total. The minimum atomic E-state index is -0.323. The van der Waals surface area contributed by atoms with Crippen LogP contribution in [0.1, 0.15) is 0 Å². The average Bonchev–Trinajstić information content (AvgIpc) is 2.34. The van der Waals surface area contributed by atoms with Crippen LogP contribution >= 0.6 is 0 Å². The normalized spacial score (nSPS) is 16.9. The van der Waals surface area contributed by atoms with Crippen LogP contribution in [0.5, 0.6) is 0 Å². The summed E-state index contributed by atoms with van der Waals surface area (Å²) in [7, 11) is 3.97. The number of aliphatic hydroxyl groups excluding tert-OH is 1. The molecule has 0 radical (unpaired) electrons. The first kappa shape index (κ1) is 12.2. The van der Waals surface area contributed by atoms with Crippen molar-refractivity contribution >= 4 is 11.4 Å². The van der Waals surface area contributed by atoms with Crippen LogP contribution in [-0.2, 0) is 0 Å². The first-order valence-electron chi connectivity index (χ1n) is 6.10. The monoisotopic (exact) mass is 235 g/mol. The summed E-state index contributed by atoms with van der Waals surface area (Å²) in [4.78, 5) is 4.52. The highest BCUT2D eigenvalue weighted by Crippen LogP contribution is 2.31. The molecule has 0 saturated carbocycles. The van der Waals surface area contributed by atoms with Gasteiger partial charge in [0, 0.05) is 33.2 Å². The predicted molar refractivity (Wildman–Crippen MR) is 71.9 cm³/mol. The van der Waals surface area contributed by atoms with Crippen molar-refractivity contribution in [2.24, 2.45) is 0 Å². The van der Waals surface area contributed by atoms with Gasteiger partial charge >= 0.3 is 0 Å². The Balaban J connectivity index is 2.13. The van der Waals surface area contributed by atoms with E-state index < -0.39 is 0 Å². The number of anilines is 2. The molecule has 2 N–H and O–H groups in total. The van der Waals surface area contributed by atoms with E-state index in [9.17, 15) is 5.11 Å². The smallest absolute Gasteiger partial charge is 0.0839 e. The van der Waals surface area contributed by atoms with Crippen molar-refractivity contribution in [1.29, 1.82) is 0 Å². The van der Waals surface area contributed by atoms with Gasteiger partial charge < -0.3 is 20.2 Å². The highest BCUT2D eigenvalue weighted by molar-refractivity contribution is 5.73. The number of nitrogens with zero attached hydrogens (tertiary/aromatic N) is 2. The van der Waals surface area contributed by atoms with E-state index in [1.54, 1.807) is 0 Å². The highest BCUT2D eigenvalue weighted by Gasteiger charge is 2.21. The van der Waals surface area contributed by atoms with Gasteiger partial charge in [-0.05, 0) is 19.2 Å². The van der Waals surface area contributed by atoms with Crippen LogP contribution in [0.4, 0.5) is 11.4 Å². The number of fused-ring (bicyclic) bond motifs is 1. The molecule has 0 fully saturated rings. The lowest BCUT2D eigenvalue weighted by molar-refractivity contribution is 0.179. The fraction of sp³-hybridized carbons (Fsp3) is 0.538. The number of hydrogen-bond donors (Lipinski definition) is 2. The Labute approximate surface area is 103 Å². The predicted octanol–water partition coefficient (Wildman–Crippen LogP) is 0.523. The van der Waals surface area contributed by atoms with Crippen LogP contribution in [0.2, 0.25) is 0 Å². The van der Waals surface area contributed by atoms with E-state index in [-0.39, 0.29) is 6.10 Å². The third kappa shape index (κ3) is 2.70. The van der Waals surface area contributed by atoms with Crippen LogP contribution in [0.3, 0.4) is 0 Å². The van der Waals surface area contributed by atoms with Gasteiger partial charge in [-0.15, -0.1) is 0 Å². The van der Waals surface area contributed by atoms with Crippen LogP contribution in [-0.4, -0.2) is 51.5 Å². The van der Waals surface area contributed by atoms with E-state index >= 15 is 0 Å². The number of aliphatic hydroxyl groups is 1. The maximum atomic E-state index is 9.88. The Morgan fingerprint density at radius 1 is 1.29 bits per heavy atom. The SMILES string of the molecule is CNCC(O)CN1CCN(C)c2ccccc21. The molecule has 1 aromatic carbocycles. The molecular formula is C13H21N3O. The molecular weight excluding hydrogens is 214 g/mol. The van der Waals surface area contributed by atoms with Gasteiger partial charge in [0.2, 0.25) is 0 Å². The summed E-state index contributed by atoms with van der Waals surface area (Å²) in [5.74, 6) is 0. The maximum absolute atomic E-state index is 9.88. The minimum absolute atomic E-state index is 0.323. The van der Waals surface area contributed by atoms with Crippen LogP contribution in [0.15, 0.2) is 24.3 Å². The summed E-state index contributed by atoms with van der Waals surface area (Å²) in [6.45, 7) is 3.29. The molecule has 0 aromatic heterocycles. The van der Waals surface area contributed by atoms with E-state index in [1.165, 1.54) is 11.4 Å². The van der Waals surface area contributed by atoms with Crippen molar-refractivity contribution in [3.8, 4) is 0 Å². The Morgan fingerprint density at radius 2 is 2.00 bits per heavy atom. The molecule has 0 spiro atoms. The zero-order valence-corrected chi connectivity index (χ0v) is 10.6. The largest absolute Gasteiger partial charge is 0.390 e. The van der Waals surface area contributed by atoms with Crippen molar-refractivity contribution in [3.63, 3.8) is 0 Å². The van der Waals surface area contributed by atoms with Gasteiger partial charge in [0.1, 0.15) is 0 Å². The number of para-hydroxylation sites is 2. The Kier molecular flexibility index (Phi) is 3.86. The molecule has 0 aliphatic carbocycles. The molecule has 0 bridgehead atoms. The van der Waals surface area contributed by atoms with Crippen molar-refractivity contribution in [3.05, 3.63) is 24.3 Å². The molecule has 2 rings (SSSR count). The average molecular weight is 235 g/mol. The number of β-amino-alcohol motifs (C(OH)–C–C–N with tert-alkyl or cyclic N) is 1. The molecule has 4 heteroatoms. The van der Waals surface area contributed by atoms with Gasteiger partial charge in [-0.2, -0.15) is 0 Å². The van der Waals surface area contributed by atoms with Crippen molar-refractivity contribution in [2.75, 3.05) is 50.1 Å². The van der Waals surface area contributed by atoms with E-state index in [0.29, 0.717) is 13.1 Å². The van der Waals surface area contributed by atoms with Gasteiger partial charge in [0.15, 0.2) is 0 Å². The van der Waals surface area contributed by atoms with Crippen molar-refractivity contribution < 1.29 is 5.11 Å². The fourth-order valence-electron chi connectivity index (χ4n) is 2.31. The topological polar surface area (TPSA) is 38.7 Å². The molecule has 1 aromatic rings. The van der Waals surface area contributed by atoms with Crippen LogP contribution in [0.25, 0.3) is 0 Å². The minimum Gasteiger partial charge on any atom is -0.390 e. The van der Waals surface area contributed by atoms with Gasteiger partial charge in [0.05, 0.1) is 17.5 Å². The number of benzene rings is 1. The van der Waals surface area contributed by atoms with Crippen LogP contribution in [0, 0.1) is 0 Å². The quantitative estimate of drug-likeness (QED) is 0.798. The molecule has 1 aliphatic rings. The lowest BCUT2D eigenvalue weighted by Gasteiger charge is -2.37. The summed E-state index contributed by atoms with van der Waals surface area (Å²) >= 11 is 0. The molecule has 1 atom stereocenters. The third-order valence-electron chi connectivity index (χ3n) is 3.21. The second-order valence-corrected chi connectivity index (χ2v) is 4.57. The van der Waals surface area contributed by atoms with Crippen LogP contribution < -0.4 is 15.1 Å². The zero-order chi connectivity index (χ0) is 12.3. The standard InChI is InChI=1S/C13H21N3O/c1-14-9-11(17)10-16-8-7-15(2)12-5-3-4-6-13(12)16/h3-6,11,14,17H,7-10H2,1-2H3. The second-order valence-electron chi connectivity index (χ2n) is 4.57. The van der Waals surface area contributed by atoms with Gasteiger partial charge in [-0.25, -0.2) is 0 Å². The Morgan fingerprint density at radius 3 is 2.71 bits per heavy atom. The number of rotatable bonds is 4. The van der Waals surface area contributed by atoms with Gasteiger partial charge in [-0.3, -0.25) is 0 Å². The van der Waals surface area contributed by atoms with E-state index in [1.807, 2.05) is 7.05 Å². The molecule has 1 unspecified atom stereocenters. The van der Waals surface area contributed by atoms with E-state index in [2.05, 4.69) is 46.4 Å². The summed E-state index contributed by atoms with van der Waals surface area (Å²) in [5, 5.41) is 12.9. The fourth-order valence-corrected chi connectivity index (χ4v) is 2.31. The van der Waals surface area contributed by atoms with E-state index in [4.69, 9.17) is 0 Å². The van der Waals surface area contributed by atoms with Crippen molar-refractivity contribution in [1.82, 2.24) is 5.32 Å². The molecule has 17 heavy (non-hydrogen) atoms. The summed E-state index contributed by atoms with van der Waals surface area (Å²) < 4.78 is 0. The molecule has 0 amide bonds. The van der Waals surface area contributed by atoms with Gasteiger partial charge in [-0.1, -0.05) is 12.1 Å².